The Morgan fingerprint density at radius 2 is 2.06 bits per heavy atom. The lowest BCUT2D eigenvalue weighted by Gasteiger charge is -2.33. The van der Waals surface area contributed by atoms with Crippen molar-refractivity contribution in [3.8, 4) is 11.5 Å². The SMILES string of the molecule is CC1CSCCN1C(=O)c1c(O)cccc1O. The zero-order valence-corrected chi connectivity index (χ0v) is 10.4. The highest BCUT2D eigenvalue weighted by atomic mass is 32.2. The van der Waals surface area contributed by atoms with Crippen molar-refractivity contribution in [2.45, 2.75) is 13.0 Å². The molecule has 92 valence electrons. The Hall–Kier alpha value is -1.36. The molecule has 1 aliphatic rings. The summed E-state index contributed by atoms with van der Waals surface area (Å²) in [7, 11) is 0. The molecule has 0 spiro atoms. The largest absolute Gasteiger partial charge is 0.507 e. The lowest BCUT2D eigenvalue weighted by molar-refractivity contribution is 0.0710. The van der Waals surface area contributed by atoms with Gasteiger partial charge in [-0.2, -0.15) is 11.8 Å². The quantitative estimate of drug-likeness (QED) is 0.799. The van der Waals surface area contributed by atoms with Gasteiger partial charge in [-0.3, -0.25) is 4.79 Å². The lowest BCUT2D eigenvalue weighted by Crippen LogP contribution is -2.44. The molecule has 2 rings (SSSR count). The third-order valence-electron chi connectivity index (χ3n) is 2.86. The third-order valence-corrected chi connectivity index (χ3v) is 4.05. The van der Waals surface area contributed by atoms with Crippen LogP contribution in [-0.2, 0) is 0 Å². The van der Waals surface area contributed by atoms with Gasteiger partial charge in [0.15, 0.2) is 0 Å². The first-order valence-corrected chi connectivity index (χ1v) is 6.66. The maximum absolute atomic E-state index is 12.2. The summed E-state index contributed by atoms with van der Waals surface area (Å²) in [6, 6.07) is 4.46. The molecule has 1 aromatic rings. The number of carbonyl (C=O) groups is 1. The second-order valence-corrected chi connectivity index (χ2v) is 5.24. The molecule has 1 atom stereocenters. The smallest absolute Gasteiger partial charge is 0.261 e. The first-order valence-electron chi connectivity index (χ1n) is 5.51. The predicted molar refractivity (Wildman–Crippen MR) is 67.6 cm³/mol. The monoisotopic (exact) mass is 253 g/mol. The fourth-order valence-electron chi connectivity index (χ4n) is 1.92. The summed E-state index contributed by atoms with van der Waals surface area (Å²) >= 11 is 1.81. The molecule has 1 heterocycles. The minimum atomic E-state index is -0.298. The molecule has 0 aliphatic carbocycles. The number of phenols is 2. The Kier molecular flexibility index (Phi) is 3.47. The van der Waals surface area contributed by atoms with Gasteiger partial charge in [0.2, 0.25) is 0 Å². The van der Waals surface area contributed by atoms with Crippen LogP contribution >= 0.6 is 11.8 Å². The number of rotatable bonds is 1. The fourth-order valence-corrected chi connectivity index (χ4v) is 2.93. The minimum Gasteiger partial charge on any atom is -0.507 e. The molecule has 5 heteroatoms. The summed E-state index contributed by atoms with van der Waals surface area (Å²) in [4.78, 5) is 13.9. The van der Waals surface area contributed by atoms with E-state index in [1.807, 2.05) is 18.7 Å². The van der Waals surface area contributed by atoms with Gasteiger partial charge in [0.05, 0.1) is 0 Å². The number of thioether (sulfide) groups is 1. The highest BCUT2D eigenvalue weighted by molar-refractivity contribution is 7.99. The van der Waals surface area contributed by atoms with E-state index in [0.29, 0.717) is 6.54 Å². The van der Waals surface area contributed by atoms with Crippen molar-refractivity contribution >= 4 is 17.7 Å². The molecule has 0 bridgehead atoms. The van der Waals surface area contributed by atoms with Gasteiger partial charge >= 0.3 is 0 Å². The van der Waals surface area contributed by atoms with Gasteiger partial charge in [0.25, 0.3) is 5.91 Å². The van der Waals surface area contributed by atoms with Crippen molar-refractivity contribution in [1.82, 2.24) is 4.90 Å². The maximum Gasteiger partial charge on any atom is 0.261 e. The molecule has 0 aromatic heterocycles. The molecule has 0 saturated carbocycles. The van der Waals surface area contributed by atoms with E-state index in [1.54, 1.807) is 4.90 Å². The first-order chi connectivity index (χ1) is 8.11. The summed E-state index contributed by atoms with van der Waals surface area (Å²) in [5.41, 5.74) is 0.00579. The summed E-state index contributed by atoms with van der Waals surface area (Å²) < 4.78 is 0. The number of hydrogen-bond acceptors (Lipinski definition) is 4. The molecule has 1 amide bonds. The zero-order chi connectivity index (χ0) is 12.4. The number of benzene rings is 1. The standard InChI is InChI=1S/C12H15NO3S/c1-8-7-17-6-5-13(8)12(16)11-9(14)3-2-4-10(11)15/h2-4,8,14-15H,5-7H2,1H3. The molecular formula is C12H15NO3S. The van der Waals surface area contributed by atoms with E-state index >= 15 is 0 Å². The van der Waals surface area contributed by atoms with Crippen molar-refractivity contribution in [3.63, 3.8) is 0 Å². The van der Waals surface area contributed by atoms with Gasteiger partial charge < -0.3 is 15.1 Å². The van der Waals surface area contributed by atoms with Crippen LogP contribution in [0.1, 0.15) is 17.3 Å². The van der Waals surface area contributed by atoms with Crippen LogP contribution in [-0.4, -0.2) is 45.1 Å². The van der Waals surface area contributed by atoms with Gasteiger partial charge in [-0.05, 0) is 19.1 Å². The van der Waals surface area contributed by atoms with E-state index in [1.165, 1.54) is 18.2 Å². The molecule has 1 fully saturated rings. The van der Waals surface area contributed by atoms with Crippen LogP contribution in [0, 0.1) is 0 Å². The number of amides is 1. The van der Waals surface area contributed by atoms with Crippen LogP contribution in [0.25, 0.3) is 0 Å². The second kappa shape index (κ2) is 4.87. The molecule has 17 heavy (non-hydrogen) atoms. The van der Waals surface area contributed by atoms with Crippen molar-refractivity contribution in [2.24, 2.45) is 0 Å². The number of hydrogen-bond donors (Lipinski definition) is 2. The second-order valence-electron chi connectivity index (χ2n) is 4.09. The highest BCUT2D eigenvalue weighted by Crippen LogP contribution is 2.29. The molecule has 1 saturated heterocycles. The van der Waals surface area contributed by atoms with E-state index in [2.05, 4.69) is 0 Å². The van der Waals surface area contributed by atoms with Crippen molar-refractivity contribution < 1.29 is 15.0 Å². The lowest BCUT2D eigenvalue weighted by atomic mass is 10.1. The molecule has 1 aliphatic heterocycles. The Balaban J connectivity index is 2.30. The predicted octanol–water partition coefficient (Wildman–Crippen LogP) is 1.68. The molecule has 1 aromatic carbocycles. The molecule has 1 unspecified atom stereocenters. The summed E-state index contributed by atoms with van der Waals surface area (Å²) in [5, 5.41) is 19.3. The Morgan fingerprint density at radius 1 is 1.41 bits per heavy atom. The van der Waals surface area contributed by atoms with Crippen LogP contribution in [0.5, 0.6) is 11.5 Å². The third kappa shape index (κ3) is 2.34. The number of aromatic hydroxyl groups is 2. The average Bonchev–Trinajstić information content (AvgIpc) is 2.29. The molecule has 0 radical (unpaired) electrons. The van der Waals surface area contributed by atoms with Crippen LogP contribution < -0.4 is 0 Å². The first kappa shape index (κ1) is 12.1. The topological polar surface area (TPSA) is 60.8 Å². The highest BCUT2D eigenvalue weighted by Gasteiger charge is 2.28. The number of carbonyl (C=O) groups excluding carboxylic acids is 1. The number of nitrogens with zero attached hydrogens (tertiary/aromatic N) is 1. The molecule has 2 N–H and O–H groups in total. The van der Waals surface area contributed by atoms with E-state index in [4.69, 9.17) is 0 Å². The summed E-state index contributed by atoms with van der Waals surface area (Å²) in [5.74, 6) is 1.15. The molecular weight excluding hydrogens is 238 g/mol. The maximum atomic E-state index is 12.2. The van der Waals surface area contributed by atoms with Gasteiger partial charge in [0, 0.05) is 24.1 Å². The zero-order valence-electron chi connectivity index (χ0n) is 9.59. The normalized spacial score (nSPS) is 20.3. The van der Waals surface area contributed by atoms with Crippen LogP contribution in [0.2, 0.25) is 0 Å². The van der Waals surface area contributed by atoms with Crippen molar-refractivity contribution in [3.05, 3.63) is 23.8 Å². The van der Waals surface area contributed by atoms with Gasteiger partial charge in [-0.1, -0.05) is 6.07 Å². The number of phenolic OH excluding ortho intramolecular Hbond substituents is 2. The summed E-state index contributed by atoms with van der Waals surface area (Å²) in [6.45, 7) is 2.62. The van der Waals surface area contributed by atoms with Crippen molar-refractivity contribution in [2.75, 3.05) is 18.1 Å². The average molecular weight is 253 g/mol. The summed E-state index contributed by atoms with van der Waals surface area (Å²) in [6.07, 6.45) is 0. The van der Waals surface area contributed by atoms with E-state index in [0.717, 1.165) is 11.5 Å². The Bertz CT molecular complexity index is 416. The molecule has 4 nitrogen and oxygen atoms in total. The van der Waals surface area contributed by atoms with Gasteiger partial charge in [-0.25, -0.2) is 0 Å². The van der Waals surface area contributed by atoms with Crippen LogP contribution in [0.3, 0.4) is 0 Å². The van der Waals surface area contributed by atoms with E-state index < -0.39 is 0 Å². The van der Waals surface area contributed by atoms with Gasteiger partial charge in [-0.15, -0.1) is 0 Å². The Labute approximate surface area is 104 Å². The fraction of sp³-hybridized carbons (Fsp3) is 0.417. The van der Waals surface area contributed by atoms with E-state index in [-0.39, 0.29) is 29.0 Å². The minimum absolute atomic E-state index is 0.00579. The van der Waals surface area contributed by atoms with E-state index in [9.17, 15) is 15.0 Å². The van der Waals surface area contributed by atoms with Crippen LogP contribution in [0.4, 0.5) is 0 Å². The van der Waals surface area contributed by atoms with Crippen LogP contribution in [0.15, 0.2) is 18.2 Å². The Morgan fingerprint density at radius 3 is 2.65 bits per heavy atom. The van der Waals surface area contributed by atoms with Gasteiger partial charge in [0.1, 0.15) is 17.1 Å². The van der Waals surface area contributed by atoms with Crippen molar-refractivity contribution in [1.29, 1.82) is 0 Å².